The van der Waals surface area contributed by atoms with Gasteiger partial charge in [-0.25, -0.2) is 4.79 Å². The van der Waals surface area contributed by atoms with Gasteiger partial charge < -0.3 is 14.9 Å². The molecule has 0 fully saturated rings. The van der Waals surface area contributed by atoms with Crippen LogP contribution in [0.2, 0.25) is 5.02 Å². The third-order valence-corrected chi connectivity index (χ3v) is 5.58. The number of aromatic carboxylic acids is 1. The highest BCUT2D eigenvalue weighted by molar-refractivity contribution is 6.31. The molecule has 2 atom stereocenters. The van der Waals surface area contributed by atoms with Crippen molar-refractivity contribution in [2.45, 2.75) is 38.1 Å². The molecular formula is C23H20ClF3N2O4. The van der Waals surface area contributed by atoms with Gasteiger partial charge in [-0.1, -0.05) is 36.7 Å². The van der Waals surface area contributed by atoms with E-state index in [9.17, 15) is 23.1 Å². The van der Waals surface area contributed by atoms with Gasteiger partial charge in [-0.05, 0) is 42.3 Å². The zero-order valence-corrected chi connectivity index (χ0v) is 18.4. The van der Waals surface area contributed by atoms with Crippen molar-refractivity contribution in [2.75, 3.05) is 0 Å². The summed E-state index contributed by atoms with van der Waals surface area (Å²) in [5.74, 6) is -2.32. The standard InChI is InChI=1S/C23H20ClF3N2O4/c1-13-10-29-20(11-28-13)22(32,23(25,26)27)14(2)18-7-6-17(9-19(18)24)33-12-15-4-3-5-16(8-15)21(30)31/h3-11,14,32H,12H2,1-2H3,(H,30,31). The van der Waals surface area contributed by atoms with Gasteiger partial charge in [-0.15, -0.1) is 0 Å². The van der Waals surface area contributed by atoms with Crippen LogP contribution in [0.5, 0.6) is 5.75 Å². The number of hydrogen-bond acceptors (Lipinski definition) is 5. The molecule has 2 unspecified atom stereocenters. The Bertz CT molecular complexity index is 1160. The minimum atomic E-state index is -5.05. The van der Waals surface area contributed by atoms with E-state index < -0.39 is 29.4 Å². The normalized spacial score (nSPS) is 14.4. The number of aromatic nitrogens is 2. The zero-order chi connectivity index (χ0) is 24.4. The second kappa shape index (κ2) is 9.36. The van der Waals surface area contributed by atoms with Crippen LogP contribution >= 0.6 is 11.6 Å². The van der Waals surface area contributed by atoms with Gasteiger partial charge in [0.1, 0.15) is 18.1 Å². The van der Waals surface area contributed by atoms with E-state index in [0.717, 1.165) is 12.4 Å². The molecule has 0 amide bonds. The first-order chi connectivity index (χ1) is 15.4. The number of carbonyl (C=O) groups is 1. The molecule has 0 bridgehead atoms. The molecule has 0 saturated carbocycles. The van der Waals surface area contributed by atoms with Gasteiger partial charge in [0.15, 0.2) is 0 Å². The average molecular weight is 481 g/mol. The molecule has 0 spiro atoms. The first kappa shape index (κ1) is 24.5. The molecule has 3 rings (SSSR count). The van der Waals surface area contributed by atoms with Crippen LogP contribution in [0.1, 0.15) is 45.7 Å². The number of halogens is 4. The van der Waals surface area contributed by atoms with Crippen molar-refractivity contribution < 1.29 is 32.9 Å². The van der Waals surface area contributed by atoms with E-state index in [-0.39, 0.29) is 28.5 Å². The van der Waals surface area contributed by atoms with Crippen molar-refractivity contribution in [2.24, 2.45) is 0 Å². The van der Waals surface area contributed by atoms with Gasteiger partial charge in [0.25, 0.3) is 0 Å². The lowest BCUT2D eigenvalue weighted by atomic mass is 9.80. The van der Waals surface area contributed by atoms with E-state index >= 15 is 0 Å². The number of aliphatic hydroxyl groups is 1. The predicted molar refractivity (Wildman–Crippen MR) is 114 cm³/mol. The third kappa shape index (κ3) is 5.09. The van der Waals surface area contributed by atoms with Crippen molar-refractivity contribution in [3.05, 3.63) is 88.0 Å². The van der Waals surface area contributed by atoms with Gasteiger partial charge in [0.05, 0.1) is 17.5 Å². The van der Waals surface area contributed by atoms with E-state index in [4.69, 9.17) is 21.4 Å². The first-order valence-corrected chi connectivity index (χ1v) is 10.1. The molecule has 33 heavy (non-hydrogen) atoms. The number of benzene rings is 2. The van der Waals surface area contributed by atoms with Crippen molar-refractivity contribution in [3.8, 4) is 5.75 Å². The van der Waals surface area contributed by atoms with E-state index in [1.165, 1.54) is 37.3 Å². The number of carboxylic acid groups (broad SMARTS) is 1. The molecule has 3 aromatic rings. The Balaban J connectivity index is 1.86. The SMILES string of the molecule is Cc1cnc(C(O)(C(C)c2ccc(OCc3cccc(C(=O)O)c3)cc2Cl)C(F)(F)F)cn1. The molecule has 1 aromatic heterocycles. The molecule has 174 valence electrons. The minimum Gasteiger partial charge on any atom is -0.489 e. The fourth-order valence-electron chi connectivity index (χ4n) is 3.34. The van der Waals surface area contributed by atoms with Crippen LogP contribution in [0.3, 0.4) is 0 Å². The Morgan fingerprint density at radius 3 is 2.45 bits per heavy atom. The Morgan fingerprint density at radius 1 is 1.15 bits per heavy atom. The summed E-state index contributed by atoms with van der Waals surface area (Å²) in [4.78, 5) is 18.7. The van der Waals surface area contributed by atoms with E-state index in [0.29, 0.717) is 11.3 Å². The summed E-state index contributed by atoms with van der Waals surface area (Å²) in [5, 5.41) is 19.8. The molecule has 0 aliphatic rings. The molecule has 2 N–H and O–H groups in total. The summed E-state index contributed by atoms with van der Waals surface area (Å²) in [5.41, 5.74) is -2.82. The van der Waals surface area contributed by atoms with Crippen LogP contribution in [0, 0.1) is 6.92 Å². The van der Waals surface area contributed by atoms with Gasteiger partial charge in [0, 0.05) is 17.1 Å². The molecule has 0 radical (unpaired) electrons. The summed E-state index contributed by atoms with van der Waals surface area (Å²) >= 11 is 6.27. The number of ether oxygens (including phenoxy) is 1. The number of carboxylic acids is 1. The maximum atomic E-state index is 14.0. The van der Waals surface area contributed by atoms with Gasteiger partial charge in [-0.3, -0.25) is 9.97 Å². The van der Waals surface area contributed by atoms with Gasteiger partial charge in [0.2, 0.25) is 5.60 Å². The smallest absolute Gasteiger partial charge is 0.423 e. The minimum absolute atomic E-state index is 0.0256. The fraction of sp³-hybridized carbons (Fsp3) is 0.261. The first-order valence-electron chi connectivity index (χ1n) is 9.76. The van der Waals surface area contributed by atoms with Gasteiger partial charge in [-0.2, -0.15) is 13.2 Å². The number of aryl methyl sites for hydroxylation is 1. The highest BCUT2D eigenvalue weighted by Gasteiger charge is 2.60. The number of alkyl halides is 3. The average Bonchev–Trinajstić information content (AvgIpc) is 2.76. The summed E-state index contributed by atoms with van der Waals surface area (Å²) < 4.78 is 47.6. The molecule has 6 nitrogen and oxygen atoms in total. The lowest BCUT2D eigenvalue weighted by Gasteiger charge is -2.35. The van der Waals surface area contributed by atoms with Crippen LogP contribution in [0.25, 0.3) is 0 Å². The van der Waals surface area contributed by atoms with Crippen molar-refractivity contribution in [3.63, 3.8) is 0 Å². The number of hydrogen-bond donors (Lipinski definition) is 2. The summed E-state index contributed by atoms with van der Waals surface area (Å²) in [6.07, 6.45) is -3.00. The van der Waals surface area contributed by atoms with E-state index in [1.54, 1.807) is 19.1 Å². The Labute approximate surface area is 192 Å². The molecule has 0 aliphatic heterocycles. The molecule has 2 aromatic carbocycles. The Morgan fingerprint density at radius 2 is 1.88 bits per heavy atom. The fourth-order valence-corrected chi connectivity index (χ4v) is 3.67. The Hall–Kier alpha value is -3.17. The van der Waals surface area contributed by atoms with E-state index in [1.807, 2.05) is 0 Å². The lowest BCUT2D eigenvalue weighted by molar-refractivity contribution is -0.276. The monoisotopic (exact) mass is 480 g/mol. The van der Waals surface area contributed by atoms with Crippen LogP contribution in [0.4, 0.5) is 13.2 Å². The summed E-state index contributed by atoms with van der Waals surface area (Å²) in [6.45, 7) is 2.80. The quantitative estimate of drug-likeness (QED) is 0.478. The molecular weight excluding hydrogens is 461 g/mol. The maximum Gasteiger partial charge on any atom is 0.423 e. The molecule has 1 heterocycles. The van der Waals surface area contributed by atoms with Crippen LogP contribution in [-0.2, 0) is 12.2 Å². The largest absolute Gasteiger partial charge is 0.489 e. The molecule has 10 heteroatoms. The highest BCUT2D eigenvalue weighted by Crippen LogP contribution is 2.49. The van der Waals surface area contributed by atoms with Crippen molar-refractivity contribution in [1.29, 1.82) is 0 Å². The zero-order valence-electron chi connectivity index (χ0n) is 17.6. The highest BCUT2D eigenvalue weighted by atomic mass is 35.5. The van der Waals surface area contributed by atoms with Crippen LogP contribution < -0.4 is 4.74 Å². The second-order valence-electron chi connectivity index (χ2n) is 7.51. The molecule has 0 saturated heterocycles. The summed E-state index contributed by atoms with van der Waals surface area (Å²) in [6, 6.07) is 10.3. The number of nitrogens with zero attached hydrogens (tertiary/aromatic N) is 2. The Kier molecular flexibility index (Phi) is 6.94. The topological polar surface area (TPSA) is 92.5 Å². The third-order valence-electron chi connectivity index (χ3n) is 5.25. The number of rotatable bonds is 7. The van der Waals surface area contributed by atoms with E-state index in [2.05, 4.69) is 9.97 Å². The lowest BCUT2D eigenvalue weighted by Crippen LogP contribution is -2.47. The maximum absolute atomic E-state index is 14.0. The predicted octanol–water partition coefficient (Wildman–Crippen LogP) is 5.27. The van der Waals surface area contributed by atoms with Crippen LogP contribution in [0.15, 0.2) is 54.9 Å². The van der Waals surface area contributed by atoms with Crippen molar-refractivity contribution in [1.82, 2.24) is 9.97 Å². The van der Waals surface area contributed by atoms with Crippen molar-refractivity contribution >= 4 is 17.6 Å². The summed E-state index contributed by atoms with van der Waals surface area (Å²) in [7, 11) is 0. The van der Waals surface area contributed by atoms with Crippen LogP contribution in [-0.4, -0.2) is 32.3 Å². The second-order valence-corrected chi connectivity index (χ2v) is 7.91. The van der Waals surface area contributed by atoms with Gasteiger partial charge >= 0.3 is 12.1 Å². The molecule has 0 aliphatic carbocycles.